The Bertz CT molecular complexity index is 135. The first-order chi connectivity index (χ1) is 6.27. The van der Waals surface area contributed by atoms with Gasteiger partial charge in [-0.3, -0.25) is 4.90 Å². The maximum Gasteiger partial charge on any atom is 0.0587 e. The average molecular weight is 187 g/mol. The molecule has 1 unspecified atom stereocenters. The molecule has 0 spiro atoms. The van der Waals surface area contributed by atoms with Gasteiger partial charge >= 0.3 is 0 Å². The summed E-state index contributed by atoms with van der Waals surface area (Å²) >= 11 is 0. The molecular formula is C9H21N3O. The molecule has 0 amide bonds. The third-order valence-corrected chi connectivity index (χ3v) is 2.76. The summed E-state index contributed by atoms with van der Waals surface area (Å²) in [6.45, 7) is 5.21. The molecule has 13 heavy (non-hydrogen) atoms. The van der Waals surface area contributed by atoms with E-state index in [1.54, 1.807) is 0 Å². The van der Waals surface area contributed by atoms with Crippen LogP contribution in [-0.4, -0.2) is 67.3 Å². The fraction of sp³-hybridized carbons (Fsp3) is 1.00. The van der Waals surface area contributed by atoms with Crippen molar-refractivity contribution in [1.29, 1.82) is 0 Å². The highest BCUT2D eigenvalue weighted by Gasteiger charge is 2.20. The van der Waals surface area contributed by atoms with Gasteiger partial charge in [0.1, 0.15) is 0 Å². The quantitative estimate of drug-likeness (QED) is 0.589. The van der Waals surface area contributed by atoms with Gasteiger partial charge in [-0.2, -0.15) is 0 Å². The molecule has 0 aliphatic carbocycles. The van der Waals surface area contributed by atoms with E-state index >= 15 is 0 Å². The van der Waals surface area contributed by atoms with Gasteiger partial charge in [0.15, 0.2) is 0 Å². The van der Waals surface area contributed by atoms with Crippen LogP contribution in [0.15, 0.2) is 0 Å². The van der Waals surface area contributed by atoms with Gasteiger partial charge in [0, 0.05) is 32.2 Å². The zero-order valence-electron chi connectivity index (χ0n) is 8.45. The molecule has 0 bridgehead atoms. The van der Waals surface area contributed by atoms with E-state index in [0.29, 0.717) is 6.54 Å². The Kier molecular flexibility index (Phi) is 4.66. The highest BCUT2D eigenvalue weighted by atomic mass is 16.3. The van der Waals surface area contributed by atoms with Crippen LogP contribution in [0.4, 0.5) is 0 Å². The lowest BCUT2D eigenvalue weighted by Crippen LogP contribution is -2.50. The van der Waals surface area contributed by atoms with Gasteiger partial charge in [-0.1, -0.05) is 0 Å². The maximum absolute atomic E-state index is 9.16. The van der Waals surface area contributed by atoms with Crippen LogP contribution >= 0.6 is 0 Å². The maximum atomic E-state index is 9.16. The van der Waals surface area contributed by atoms with Crippen LogP contribution in [0.5, 0.6) is 0 Å². The van der Waals surface area contributed by atoms with Gasteiger partial charge in [0.2, 0.25) is 0 Å². The number of likely N-dealkylation sites (N-methyl/N-ethyl adjacent to an activating group) is 1. The fourth-order valence-corrected chi connectivity index (χ4v) is 1.77. The van der Waals surface area contributed by atoms with Crippen molar-refractivity contribution < 1.29 is 5.11 Å². The number of aliphatic hydroxyl groups excluding tert-OH is 1. The Morgan fingerprint density at radius 2 is 1.92 bits per heavy atom. The van der Waals surface area contributed by atoms with E-state index in [-0.39, 0.29) is 12.6 Å². The SMILES string of the molecule is CN1CCN(C(CO)CCN)CC1. The van der Waals surface area contributed by atoms with Crippen LogP contribution in [-0.2, 0) is 0 Å². The molecular weight excluding hydrogens is 166 g/mol. The highest BCUT2D eigenvalue weighted by Crippen LogP contribution is 2.07. The van der Waals surface area contributed by atoms with Crippen molar-refractivity contribution in [3.63, 3.8) is 0 Å². The minimum atomic E-state index is 0.237. The highest BCUT2D eigenvalue weighted by molar-refractivity contribution is 4.77. The van der Waals surface area contributed by atoms with E-state index in [1.165, 1.54) is 0 Å². The zero-order valence-corrected chi connectivity index (χ0v) is 8.45. The molecule has 0 radical (unpaired) electrons. The summed E-state index contributed by atoms with van der Waals surface area (Å²) in [5, 5.41) is 9.16. The summed E-state index contributed by atoms with van der Waals surface area (Å²) in [5.41, 5.74) is 5.49. The fourth-order valence-electron chi connectivity index (χ4n) is 1.77. The first-order valence-electron chi connectivity index (χ1n) is 5.01. The minimum Gasteiger partial charge on any atom is -0.395 e. The van der Waals surface area contributed by atoms with Crippen LogP contribution in [0, 0.1) is 0 Å². The van der Waals surface area contributed by atoms with Gasteiger partial charge in [-0.25, -0.2) is 0 Å². The molecule has 1 rings (SSSR count). The van der Waals surface area contributed by atoms with Crippen molar-refractivity contribution in [2.45, 2.75) is 12.5 Å². The Labute approximate surface area is 80.3 Å². The van der Waals surface area contributed by atoms with E-state index in [1.807, 2.05) is 0 Å². The van der Waals surface area contributed by atoms with E-state index in [4.69, 9.17) is 10.8 Å². The Hall–Kier alpha value is -0.160. The number of nitrogens with zero attached hydrogens (tertiary/aromatic N) is 2. The van der Waals surface area contributed by atoms with Crippen LogP contribution in [0.3, 0.4) is 0 Å². The predicted octanol–water partition coefficient (Wildman–Crippen LogP) is -1.06. The second-order valence-corrected chi connectivity index (χ2v) is 3.75. The van der Waals surface area contributed by atoms with Crippen molar-refractivity contribution in [1.82, 2.24) is 9.80 Å². The lowest BCUT2D eigenvalue weighted by Gasteiger charge is -2.37. The summed E-state index contributed by atoms with van der Waals surface area (Å²) < 4.78 is 0. The standard InChI is InChI=1S/C9H21N3O/c1-11-4-6-12(7-5-11)9(8-13)2-3-10/h9,13H,2-8,10H2,1H3. The lowest BCUT2D eigenvalue weighted by molar-refractivity contribution is 0.0718. The van der Waals surface area contributed by atoms with Crippen molar-refractivity contribution in [3.8, 4) is 0 Å². The molecule has 4 nitrogen and oxygen atoms in total. The third-order valence-electron chi connectivity index (χ3n) is 2.76. The first kappa shape index (κ1) is 10.9. The van der Waals surface area contributed by atoms with Gasteiger partial charge < -0.3 is 15.7 Å². The molecule has 4 heteroatoms. The smallest absolute Gasteiger partial charge is 0.0587 e. The number of aliphatic hydroxyl groups is 1. The molecule has 78 valence electrons. The third kappa shape index (κ3) is 3.23. The van der Waals surface area contributed by atoms with Crippen molar-refractivity contribution in [2.75, 3.05) is 46.4 Å². The Balaban J connectivity index is 2.32. The van der Waals surface area contributed by atoms with Gasteiger partial charge in [-0.15, -0.1) is 0 Å². The summed E-state index contributed by atoms with van der Waals surface area (Å²) in [5.74, 6) is 0. The number of piperazine rings is 1. The topological polar surface area (TPSA) is 52.7 Å². The largest absolute Gasteiger partial charge is 0.395 e. The van der Waals surface area contributed by atoms with Crippen LogP contribution in [0.2, 0.25) is 0 Å². The second-order valence-electron chi connectivity index (χ2n) is 3.75. The molecule has 0 aromatic heterocycles. The van der Waals surface area contributed by atoms with Crippen molar-refractivity contribution in [2.24, 2.45) is 5.73 Å². The molecule has 3 N–H and O–H groups in total. The molecule has 1 heterocycles. The van der Waals surface area contributed by atoms with Gasteiger partial charge in [0.05, 0.1) is 6.61 Å². The molecule has 0 aromatic rings. The van der Waals surface area contributed by atoms with E-state index in [0.717, 1.165) is 32.6 Å². The zero-order chi connectivity index (χ0) is 9.68. The van der Waals surface area contributed by atoms with Gasteiger partial charge in [0.25, 0.3) is 0 Å². The summed E-state index contributed by atoms with van der Waals surface area (Å²) in [6, 6.07) is 0.277. The molecule has 1 saturated heterocycles. The minimum absolute atomic E-state index is 0.237. The van der Waals surface area contributed by atoms with Crippen LogP contribution in [0.1, 0.15) is 6.42 Å². The van der Waals surface area contributed by atoms with E-state index in [2.05, 4.69) is 16.8 Å². The predicted molar refractivity (Wildman–Crippen MR) is 53.6 cm³/mol. The summed E-state index contributed by atoms with van der Waals surface area (Å²) in [7, 11) is 2.13. The van der Waals surface area contributed by atoms with Gasteiger partial charge in [-0.05, 0) is 20.0 Å². The number of nitrogens with two attached hydrogens (primary N) is 1. The monoisotopic (exact) mass is 187 g/mol. The molecule has 1 atom stereocenters. The van der Waals surface area contributed by atoms with E-state index in [9.17, 15) is 0 Å². The number of hydrogen-bond acceptors (Lipinski definition) is 4. The molecule has 0 saturated carbocycles. The second kappa shape index (κ2) is 5.54. The number of rotatable bonds is 4. The van der Waals surface area contributed by atoms with Crippen molar-refractivity contribution >= 4 is 0 Å². The number of hydrogen-bond donors (Lipinski definition) is 2. The lowest BCUT2D eigenvalue weighted by atomic mass is 10.1. The van der Waals surface area contributed by atoms with Crippen LogP contribution in [0.25, 0.3) is 0 Å². The molecule has 0 aromatic carbocycles. The molecule has 1 fully saturated rings. The molecule has 1 aliphatic heterocycles. The average Bonchev–Trinajstić information content (AvgIpc) is 2.16. The summed E-state index contributed by atoms with van der Waals surface area (Å²) in [6.07, 6.45) is 0.903. The Morgan fingerprint density at radius 1 is 1.31 bits per heavy atom. The van der Waals surface area contributed by atoms with Crippen molar-refractivity contribution in [3.05, 3.63) is 0 Å². The van der Waals surface area contributed by atoms with Crippen LogP contribution < -0.4 is 5.73 Å². The normalized spacial score (nSPS) is 23.3. The first-order valence-corrected chi connectivity index (χ1v) is 5.01. The Morgan fingerprint density at radius 3 is 2.38 bits per heavy atom. The summed E-state index contributed by atoms with van der Waals surface area (Å²) in [4.78, 5) is 4.65. The van der Waals surface area contributed by atoms with E-state index < -0.39 is 0 Å². The molecule has 1 aliphatic rings.